The quantitative estimate of drug-likeness (QED) is 0.660. The van der Waals surface area contributed by atoms with Crippen molar-refractivity contribution in [1.29, 1.82) is 0 Å². The molecule has 1 atom stereocenters. The van der Waals surface area contributed by atoms with Gasteiger partial charge in [0.05, 0.1) is 16.1 Å². The van der Waals surface area contributed by atoms with Crippen molar-refractivity contribution in [2.75, 3.05) is 0 Å². The lowest BCUT2D eigenvalue weighted by atomic mass is 9.98. The molecule has 1 unspecified atom stereocenters. The Morgan fingerprint density at radius 1 is 1.00 bits per heavy atom. The van der Waals surface area contributed by atoms with Gasteiger partial charge in [0.1, 0.15) is 11.6 Å². The van der Waals surface area contributed by atoms with Gasteiger partial charge in [-0.25, -0.2) is 8.78 Å². The summed E-state index contributed by atoms with van der Waals surface area (Å²) in [5, 5.41) is 0.0131. The summed E-state index contributed by atoms with van der Waals surface area (Å²) in [6.45, 7) is 0. The molecule has 0 aliphatic carbocycles. The first-order chi connectivity index (χ1) is 9.54. The monoisotopic (exact) mass is 316 g/mol. The molecule has 0 aliphatic rings. The molecule has 0 aromatic heterocycles. The van der Waals surface area contributed by atoms with E-state index in [9.17, 15) is 8.78 Å². The Kier molecular flexibility index (Phi) is 4.94. The van der Waals surface area contributed by atoms with Gasteiger partial charge in [0, 0.05) is 5.56 Å². The largest absolute Gasteiger partial charge is 0.271 e. The minimum absolute atomic E-state index is 0.00526. The van der Waals surface area contributed by atoms with Crippen molar-refractivity contribution in [3.8, 4) is 0 Å². The maximum atomic E-state index is 14.0. The molecule has 0 spiro atoms. The van der Waals surface area contributed by atoms with Gasteiger partial charge in [-0.05, 0) is 24.1 Å². The molecule has 0 bridgehead atoms. The molecule has 2 aromatic rings. The molecule has 0 heterocycles. The minimum Gasteiger partial charge on any atom is -0.271 e. The van der Waals surface area contributed by atoms with Crippen LogP contribution >= 0.6 is 23.2 Å². The van der Waals surface area contributed by atoms with E-state index in [-0.39, 0.29) is 22.0 Å². The molecule has 0 saturated carbocycles. The van der Waals surface area contributed by atoms with Crippen LogP contribution in [0.2, 0.25) is 10.0 Å². The zero-order valence-corrected chi connectivity index (χ0v) is 11.8. The minimum atomic E-state index is -0.610. The van der Waals surface area contributed by atoms with Crippen molar-refractivity contribution in [1.82, 2.24) is 5.43 Å². The standard InChI is InChI=1S/C14H12Cl2F2N2/c15-10-5-1-3-8(13(10)17)7-12(20-19)9-4-2-6-11(16)14(9)18/h1-6,12,20H,7,19H2. The third-order valence-corrected chi connectivity index (χ3v) is 3.60. The predicted octanol–water partition coefficient (Wildman–Crippen LogP) is 4.02. The Morgan fingerprint density at radius 2 is 1.60 bits per heavy atom. The van der Waals surface area contributed by atoms with Gasteiger partial charge in [-0.1, -0.05) is 47.5 Å². The average Bonchev–Trinajstić information content (AvgIpc) is 2.44. The average molecular weight is 317 g/mol. The number of benzene rings is 2. The van der Waals surface area contributed by atoms with Crippen molar-refractivity contribution < 1.29 is 8.78 Å². The van der Waals surface area contributed by atoms with Crippen LogP contribution in [0, 0.1) is 11.6 Å². The van der Waals surface area contributed by atoms with E-state index in [1.807, 2.05) is 0 Å². The lowest BCUT2D eigenvalue weighted by molar-refractivity contribution is 0.499. The molecule has 2 rings (SSSR count). The van der Waals surface area contributed by atoms with E-state index >= 15 is 0 Å². The number of halogens is 4. The number of hydrogen-bond donors (Lipinski definition) is 2. The highest BCUT2D eigenvalue weighted by Gasteiger charge is 2.19. The first-order valence-electron chi connectivity index (χ1n) is 5.87. The Morgan fingerprint density at radius 3 is 2.25 bits per heavy atom. The van der Waals surface area contributed by atoms with E-state index in [0.29, 0.717) is 5.56 Å². The van der Waals surface area contributed by atoms with Crippen molar-refractivity contribution in [2.24, 2.45) is 5.84 Å². The fraction of sp³-hybridized carbons (Fsp3) is 0.143. The summed E-state index contributed by atoms with van der Waals surface area (Å²) in [7, 11) is 0. The second-order valence-electron chi connectivity index (χ2n) is 4.28. The van der Waals surface area contributed by atoms with Crippen LogP contribution in [0.5, 0.6) is 0 Å². The molecule has 0 saturated heterocycles. The first-order valence-corrected chi connectivity index (χ1v) is 6.63. The highest BCUT2D eigenvalue weighted by molar-refractivity contribution is 6.31. The van der Waals surface area contributed by atoms with E-state index in [4.69, 9.17) is 29.0 Å². The summed E-state index contributed by atoms with van der Waals surface area (Å²) in [5.41, 5.74) is 3.10. The fourth-order valence-corrected chi connectivity index (χ4v) is 2.35. The van der Waals surface area contributed by atoms with Gasteiger partial charge < -0.3 is 0 Å². The smallest absolute Gasteiger partial charge is 0.146 e. The number of nitrogens with one attached hydrogen (secondary N) is 1. The van der Waals surface area contributed by atoms with Gasteiger partial charge in [-0.2, -0.15) is 0 Å². The molecule has 3 N–H and O–H groups in total. The first kappa shape index (κ1) is 15.2. The Hall–Kier alpha value is -1.20. The highest BCUT2D eigenvalue weighted by atomic mass is 35.5. The van der Waals surface area contributed by atoms with Crippen molar-refractivity contribution in [3.05, 3.63) is 69.2 Å². The van der Waals surface area contributed by atoms with Crippen LogP contribution in [0.25, 0.3) is 0 Å². The van der Waals surface area contributed by atoms with Crippen LogP contribution in [-0.4, -0.2) is 0 Å². The molecule has 0 aliphatic heterocycles. The molecule has 106 valence electrons. The van der Waals surface area contributed by atoms with Gasteiger partial charge in [-0.15, -0.1) is 0 Å². The summed E-state index contributed by atoms with van der Waals surface area (Å²) in [6, 6.07) is 8.64. The van der Waals surface area contributed by atoms with Gasteiger partial charge in [0.2, 0.25) is 0 Å². The molecular formula is C14H12Cl2F2N2. The highest BCUT2D eigenvalue weighted by Crippen LogP contribution is 2.27. The van der Waals surface area contributed by atoms with Crippen LogP contribution in [0.1, 0.15) is 17.2 Å². The summed E-state index contributed by atoms with van der Waals surface area (Å²) in [5.74, 6) is 4.34. The zero-order valence-electron chi connectivity index (χ0n) is 10.3. The SMILES string of the molecule is NNC(Cc1cccc(Cl)c1F)c1cccc(Cl)c1F. The van der Waals surface area contributed by atoms with Crippen LogP contribution in [0.3, 0.4) is 0 Å². The molecular weight excluding hydrogens is 305 g/mol. The van der Waals surface area contributed by atoms with Crippen LogP contribution < -0.4 is 11.3 Å². The third kappa shape index (κ3) is 3.10. The third-order valence-electron chi connectivity index (χ3n) is 3.01. The summed E-state index contributed by atoms with van der Waals surface area (Å²) < 4.78 is 27.8. The normalized spacial score (nSPS) is 12.4. The topological polar surface area (TPSA) is 38.0 Å². The van der Waals surface area contributed by atoms with Crippen LogP contribution in [0.15, 0.2) is 36.4 Å². The molecule has 6 heteroatoms. The van der Waals surface area contributed by atoms with E-state index in [0.717, 1.165) is 0 Å². The van der Waals surface area contributed by atoms with E-state index in [1.54, 1.807) is 24.3 Å². The number of rotatable bonds is 4. The number of nitrogens with two attached hydrogens (primary N) is 1. The maximum absolute atomic E-state index is 14.0. The van der Waals surface area contributed by atoms with Crippen LogP contribution in [0.4, 0.5) is 8.78 Å². The van der Waals surface area contributed by atoms with Gasteiger partial charge >= 0.3 is 0 Å². The zero-order chi connectivity index (χ0) is 14.7. The van der Waals surface area contributed by atoms with Gasteiger partial charge in [-0.3, -0.25) is 11.3 Å². The Labute approximate surface area is 125 Å². The maximum Gasteiger partial charge on any atom is 0.146 e. The Balaban J connectivity index is 2.34. The second-order valence-corrected chi connectivity index (χ2v) is 5.09. The lowest BCUT2D eigenvalue weighted by Gasteiger charge is -2.18. The van der Waals surface area contributed by atoms with Gasteiger partial charge in [0.15, 0.2) is 0 Å². The summed E-state index contributed by atoms with van der Waals surface area (Å²) in [6.07, 6.45) is 0.153. The molecule has 0 radical (unpaired) electrons. The summed E-state index contributed by atoms with van der Waals surface area (Å²) in [4.78, 5) is 0. The molecule has 2 aromatic carbocycles. The molecule has 2 nitrogen and oxygen atoms in total. The van der Waals surface area contributed by atoms with E-state index < -0.39 is 17.7 Å². The number of hydrogen-bond acceptors (Lipinski definition) is 2. The Bertz CT molecular complexity index is 620. The number of hydrazine groups is 1. The second kappa shape index (κ2) is 6.50. The molecule has 20 heavy (non-hydrogen) atoms. The van der Waals surface area contributed by atoms with Crippen molar-refractivity contribution >= 4 is 23.2 Å². The van der Waals surface area contributed by atoms with E-state index in [1.165, 1.54) is 12.1 Å². The van der Waals surface area contributed by atoms with Gasteiger partial charge in [0.25, 0.3) is 0 Å². The fourth-order valence-electron chi connectivity index (χ4n) is 1.97. The van der Waals surface area contributed by atoms with Crippen molar-refractivity contribution in [3.63, 3.8) is 0 Å². The molecule has 0 fully saturated rings. The predicted molar refractivity (Wildman–Crippen MR) is 76.6 cm³/mol. The summed E-state index contributed by atoms with van der Waals surface area (Å²) >= 11 is 11.5. The lowest BCUT2D eigenvalue weighted by Crippen LogP contribution is -2.30. The van der Waals surface area contributed by atoms with E-state index in [2.05, 4.69) is 5.43 Å². The molecule has 0 amide bonds. The van der Waals surface area contributed by atoms with Crippen LogP contribution in [-0.2, 0) is 6.42 Å². The van der Waals surface area contributed by atoms with Crippen molar-refractivity contribution in [2.45, 2.75) is 12.5 Å².